The van der Waals surface area contributed by atoms with Gasteiger partial charge < -0.3 is 5.11 Å². The van der Waals surface area contributed by atoms with Gasteiger partial charge in [0.25, 0.3) is 0 Å². The van der Waals surface area contributed by atoms with Gasteiger partial charge in [-0.2, -0.15) is 5.10 Å². The van der Waals surface area contributed by atoms with Crippen LogP contribution in [0, 0.1) is 5.92 Å². The van der Waals surface area contributed by atoms with Gasteiger partial charge >= 0.3 is 0 Å². The molecule has 1 saturated heterocycles. The fourth-order valence-electron chi connectivity index (χ4n) is 2.84. The Kier molecular flexibility index (Phi) is 3.85. The van der Waals surface area contributed by atoms with E-state index >= 15 is 0 Å². The second kappa shape index (κ2) is 5.77. The maximum atomic E-state index is 9.64. The number of aliphatic hydroxyl groups excluding tert-OH is 1. The van der Waals surface area contributed by atoms with E-state index in [-0.39, 0.29) is 6.10 Å². The lowest BCUT2D eigenvalue weighted by molar-refractivity contribution is 0.127. The van der Waals surface area contributed by atoms with Gasteiger partial charge in [0.1, 0.15) is 0 Å². The van der Waals surface area contributed by atoms with Crippen LogP contribution >= 0.6 is 0 Å². The molecule has 0 aliphatic carbocycles. The van der Waals surface area contributed by atoms with Crippen LogP contribution in [0.3, 0.4) is 0 Å². The molecule has 2 heterocycles. The first-order valence-electron chi connectivity index (χ1n) is 7.22. The molecular weight excluding hydrogens is 250 g/mol. The van der Waals surface area contributed by atoms with Crippen LogP contribution in [0.4, 0.5) is 0 Å². The van der Waals surface area contributed by atoms with Gasteiger partial charge in [-0.1, -0.05) is 30.3 Å². The van der Waals surface area contributed by atoms with Crippen LogP contribution in [0.2, 0.25) is 0 Å². The minimum absolute atomic E-state index is 0.207. The Morgan fingerprint density at radius 3 is 2.90 bits per heavy atom. The summed E-state index contributed by atoms with van der Waals surface area (Å²) in [5.74, 6) is 0.409. The summed E-state index contributed by atoms with van der Waals surface area (Å²) in [6.45, 7) is 4.79. The summed E-state index contributed by atoms with van der Waals surface area (Å²) in [5.41, 5.74) is 3.26. The van der Waals surface area contributed by atoms with Gasteiger partial charge in [-0.15, -0.1) is 0 Å². The standard InChI is InChI=1S/C16H21N3O/c1-12(20)14-7-8-19(10-14)11-15-9-16(18-17-15)13-5-3-2-4-6-13/h2-6,9,12,14,20H,7-8,10-11H2,1H3,(H,17,18). The number of aromatic amines is 1. The molecule has 2 unspecified atom stereocenters. The van der Waals surface area contributed by atoms with E-state index in [1.807, 2.05) is 25.1 Å². The molecule has 1 aromatic heterocycles. The number of benzene rings is 1. The van der Waals surface area contributed by atoms with Crippen molar-refractivity contribution in [1.82, 2.24) is 15.1 Å². The molecule has 1 aliphatic heterocycles. The number of nitrogens with one attached hydrogen (secondary N) is 1. The van der Waals surface area contributed by atoms with E-state index in [0.717, 1.165) is 43.0 Å². The molecule has 0 amide bonds. The maximum absolute atomic E-state index is 9.64. The van der Waals surface area contributed by atoms with E-state index < -0.39 is 0 Å². The maximum Gasteiger partial charge on any atom is 0.0924 e. The molecule has 4 nitrogen and oxygen atoms in total. The lowest BCUT2D eigenvalue weighted by atomic mass is 10.0. The summed E-state index contributed by atoms with van der Waals surface area (Å²) in [6, 6.07) is 12.3. The zero-order valence-electron chi connectivity index (χ0n) is 11.8. The largest absolute Gasteiger partial charge is 0.393 e. The molecule has 2 atom stereocenters. The Morgan fingerprint density at radius 1 is 1.40 bits per heavy atom. The second-order valence-electron chi connectivity index (χ2n) is 5.67. The molecule has 2 aromatic rings. The van der Waals surface area contributed by atoms with Crippen molar-refractivity contribution >= 4 is 0 Å². The fourth-order valence-corrected chi connectivity index (χ4v) is 2.84. The van der Waals surface area contributed by atoms with E-state index in [1.165, 1.54) is 0 Å². The third-order valence-electron chi connectivity index (χ3n) is 4.09. The SMILES string of the molecule is CC(O)C1CCN(Cc2cc(-c3ccccc3)n[nH]2)C1. The van der Waals surface area contributed by atoms with Gasteiger partial charge in [-0.25, -0.2) is 0 Å². The number of nitrogens with zero attached hydrogens (tertiary/aromatic N) is 2. The highest BCUT2D eigenvalue weighted by Crippen LogP contribution is 2.22. The topological polar surface area (TPSA) is 52.1 Å². The molecule has 4 heteroatoms. The molecule has 0 spiro atoms. The minimum Gasteiger partial charge on any atom is -0.393 e. The average molecular weight is 271 g/mol. The first kappa shape index (κ1) is 13.3. The van der Waals surface area contributed by atoms with Crippen LogP contribution in [0.5, 0.6) is 0 Å². The fraction of sp³-hybridized carbons (Fsp3) is 0.438. The van der Waals surface area contributed by atoms with Crippen LogP contribution in [0.15, 0.2) is 36.4 Å². The summed E-state index contributed by atoms with van der Waals surface area (Å²) >= 11 is 0. The van der Waals surface area contributed by atoms with E-state index in [2.05, 4.69) is 33.3 Å². The lowest BCUT2D eigenvalue weighted by Crippen LogP contribution is -2.24. The van der Waals surface area contributed by atoms with Crippen LogP contribution in [0.25, 0.3) is 11.3 Å². The van der Waals surface area contributed by atoms with Crippen molar-refractivity contribution in [2.45, 2.75) is 26.0 Å². The highest BCUT2D eigenvalue weighted by atomic mass is 16.3. The van der Waals surface area contributed by atoms with Gasteiger partial charge in [0, 0.05) is 24.3 Å². The molecule has 106 valence electrons. The summed E-state index contributed by atoms with van der Waals surface area (Å²) < 4.78 is 0. The molecular formula is C16H21N3O. The van der Waals surface area contributed by atoms with E-state index in [9.17, 15) is 5.11 Å². The van der Waals surface area contributed by atoms with Crippen LogP contribution in [0.1, 0.15) is 19.0 Å². The molecule has 1 fully saturated rings. The van der Waals surface area contributed by atoms with Crippen molar-refractivity contribution in [2.24, 2.45) is 5.92 Å². The number of aromatic nitrogens is 2. The number of rotatable bonds is 4. The molecule has 2 N–H and O–H groups in total. The predicted molar refractivity (Wildman–Crippen MR) is 79.1 cm³/mol. The quantitative estimate of drug-likeness (QED) is 0.897. The third kappa shape index (κ3) is 2.92. The Labute approximate surface area is 119 Å². The van der Waals surface area contributed by atoms with Gasteiger partial charge in [-0.05, 0) is 31.9 Å². The summed E-state index contributed by atoms with van der Waals surface area (Å²) in [6.07, 6.45) is 0.874. The summed E-state index contributed by atoms with van der Waals surface area (Å²) in [7, 11) is 0. The first-order chi connectivity index (χ1) is 9.72. The number of hydrogen-bond donors (Lipinski definition) is 2. The Balaban J connectivity index is 1.64. The van der Waals surface area contributed by atoms with Crippen LogP contribution in [-0.2, 0) is 6.54 Å². The average Bonchev–Trinajstić information content (AvgIpc) is 3.10. The highest BCUT2D eigenvalue weighted by molar-refractivity contribution is 5.58. The molecule has 0 radical (unpaired) electrons. The van der Waals surface area contributed by atoms with E-state index in [0.29, 0.717) is 5.92 Å². The van der Waals surface area contributed by atoms with Crippen LogP contribution < -0.4 is 0 Å². The molecule has 0 saturated carbocycles. The number of aliphatic hydroxyl groups is 1. The van der Waals surface area contributed by atoms with Gasteiger partial charge in [0.2, 0.25) is 0 Å². The zero-order chi connectivity index (χ0) is 13.9. The van der Waals surface area contributed by atoms with Crippen molar-refractivity contribution in [3.8, 4) is 11.3 Å². The van der Waals surface area contributed by atoms with E-state index in [4.69, 9.17) is 0 Å². The molecule has 20 heavy (non-hydrogen) atoms. The Morgan fingerprint density at radius 2 is 2.20 bits per heavy atom. The molecule has 1 aliphatic rings. The first-order valence-corrected chi connectivity index (χ1v) is 7.22. The Hall–Kier alpha value is -1.65. The van der Waals surface area contributed by atoms with Crippen LogP contribution in [-0.4, -0.2) is 39.4 Å². The third-order valence-corrected chi connectivity index (χ3v) is 4.09. The van der Waals surface area contributed by atoms with Crippen molar-refractivity contribution in [2.75, 3.05) is 13.1 Å². The van der Waals surface area contributed by atoms with Crippen molar-refractivity contribution in [1.29, 1.82) is 0 Å². The number of H-pyrrole nitrogens is 1. The second-order valence-corrected chi connectivity index (χ2v) is 5.67. The minimum atomic E-state index is -0.207. The monoisotopic (exact) mass is 271 g/mol. The molecule has 3 rings (SSSR count). The zero-order valence-corrected chi connectivity index (χ0v) is 11.8. The summed E-state index contributed by atoms with van der Waals surface area (Å²) in [5, 5.41) is 17.1. The van der Waals surface area contributed by atoms with Gasteiger partial charge in [0.15, 0.2) is 0 Å². The van der Waals surface area contributed by atoms with Gasteiger partial charge in [-0.3, -0.25) is 10.00 Å². The Bertz CT molecular complexity index is 550. The number of likely N-dealkylation sites (tertiary alicyclic amines) is 1. The summed E-state index contributed by atoms with van der Waals surface area (Å²) in [4.78, 5) is 2.37. The van der Waals surface area contributed by atoms with Gasteiger partial charge in [0.05, 0.1) is 11.8 Å². The van der Waals surface area contributed by atoms with Crippen molar-refractivity contribution in [3.63, 3.8) is 0 Å². The van der Waals surface area contributed by atoms with E-state index in [1.54, 1.807) is 0 Å². The van der Waals surface area contributed by atoms with Crippen molar-refractivity contribution < 1.29 is 5.11 Å². The highest BCUT2D eigenvalue weighted by Gasteiger charge is 2.26. The lowest BCUT2D eigenvalue weighted by Gasteiger charge is -2.16. The number of hydrogen-bond acceptors (Lipinski definition) is 3. The van der Waals surface area contributed by atoms with Crippen molar-refractivity contribution in [3.05, 3.63) is 42.1 Å². The predicted octanol–water partition coefficient (Wildman–Crippen LogP) is 2.28. The molecule has 0 bridgehead atoms. The molecule has 1 aromatic carbocycles. The smallest absolute Gasteiger partial charge is 0.0924 e. The normalized spacial score (nSPS) is 21.2.